The van der Waals surface area contributed by atoms with Crippen LogP contribution in [0.25, 0.3) is 0 Å². The number of piperazine rings is 1. The van der Waals surface area contributed by atoms with E-state index in [2.05, 4.69) is 40.0 Å². The van der Waals surface area contributed by atoms with Gasteiger partial charge in [-0.15, -0.1) is 0 Å². The third-order valence-corrected chi connectivity index (χ3v) is 4.22. The van der Waals surface area contributed by atoms with Crippen molar-refractivity contribution in [2.75, 3.05) is 41.3 Å². The number of anilines is 3. The average Bonchev–Trinajstić information content (AvgIpc) is 2.74. The van der Waals surface area contributed by atoms with Gasteiger partial charge in [0.2, 0.25) is 11.9 Å². The standard InChI is InChI=1S/C18H20N8/c1-2-6-19-15(4-1)14-23-16-5-9-22-18(24-16)26-12-10-25(11-13-26)17-20-7-3-8-21-17/h1-9H,10-14H2,(H,22,23,24). The average molecular weight is 348 g/mol. The molecule has 3 aromatic heterocycles. The van der Waals surface area contributed by atoms with Crippen molar-refractivity contribution in [1.82, 2.24) is 24.9 Å². The van der Waals surface area contributed by atoms with Gasteiger partial charge in [-0.25, -0.2) is 15.0 Å². The molecule has 4 heterocycles. The van der Waals surface area contributed by atoms with Crippen LogP contribution in [0.1, 0.15) is 5.69 Å². The first-order valence-electron chi connectivity index (χ1n) is 8.62. The van der Waals surface area contributed by atoms with Crippen LogP contribution < -0.4 is 15.1 Å². The third-order valence-electron chi connectivity index (χ3n) is 4.22. The molecule has 0 bridgehead atoms. The van der Waals surface area contributed by atoms with Crippen LogP contribution in [0.15, 0.2) is 55.1 Å². The number of nitrogens with zero attached hydrogens (tertiary/aromatic N) is 7. The molecule has 132 valence electrons. The van der Waals surface area contributed by atoms with Crippen LogP contribution in [0, 0.1) is 0 Å². The normalized spacial score (nSPS) is 14.3. The third kappa shape index (κ3) is 3.85. The molecule has 26 heavy (non-hydrogen) atoms. The number of nitrogens with one attached hydrogen (secondary N) is 1. The predicted molar refractivity (Wildman–Crippen MR) is 100 cm³/mol. The lowest BCUT2D eigenvalue weighted by Crippen LogP contribution is -2.47. The lowest BCUT2D eigenvalue weighted by Gasteiger charge is -2.34. The molecular formula is C18H20N8. The number of aromatic nitrogens is 5. The van der Waals surface area contributed by atoms with Gasteiger partial charge in [0.1, 0.15) is 5.82 Å². The van der Waals surface area contributed by atoms with Gasteiger partial charge in [0.05, 0.1) is 12.2 Å². The smallest absolute Gasteiger partial charge is 0.227 e. The summed E-state index contributed by atoms with van der Waals surface area (Å²) in [7, 11) is 0. The second-order valence-corrected chi connectivity index (χ2v) is 5.94. The summed E-state index contributed by atoms with van der Waals surface area (Å²) in [5, 5.41) is 3.30. The van der Waals surface area contributed by atoms with Gasteiger partial charge >= 0.3 is 0 Å². The Hall–Kier alpha value is -3.29. The molecule has 0 aliphatic carbocycles. The number of rotatable bonds is 5. The highest BCUT2D eigenvalue weighted by atomic mass is 15.4. The van der Waals surface area contributed by atoms with Gasteiger partial charge in [-0.05, 0) is 24.3 Å². The van der Waals surface area contributed by atoms with Crippen LogP contribution in [-0.2, 0) is 6.54 Å². The second-order valence-electron chi connectivity index (χ2n) is 5.94. The number of hydrogen-bond donors (Lipinski definition) is 1. The zero-order chi connectivity index (χ0) is 17.6. The topological polar surface area (TPSA) is 83.0 Å². The van der Waals surface area contributed by atoms with Crippen LogP contribution in [0.2, 0.25) is 0 Å². The molecular weight excluding hydrogens is 328 g/mol. The van der Waals surface area contributed by atoms with Crippen molar-refractivity contribution in [3.8, 4) is 0 Å². The van der Waals surface area contributed by atoms with Crippen molar-refractivity contribution in [1.29, 1.82) is 0 Å². The Bertz CT molecular complexity index is 819. The number of hydrogen-bond acceptors (Lipinski definition) is 8. The molecule has 8 heteroatoms. The molecule has 1 aliphatic rings. The van der Waals surface area contributed by atoms with Crippen LogP contribution >= 0.6 is 0 Å². The van der Waals surface area contributed by atoms with Gasteiger partial charge in [-0.2, -0.15) is 4.98 Å². The maximum absolute atomic E-state index is 4.64. The van der Waals surface area contributed by atoms with Gasteiger partial charge in [-0.1, -0.05) is 6.07 Å². The van der Waals surface area contributed by atoms with Gasteiger partial charge in [-0.3, -0.25) is 4.98 Å². The molecule has 1 saturated heterocycles. The van der Waals surface area contributed by atoms with Crippen LogP contribution in [0.3, 0.4) is 0 Å². The highest BCUT2D eigenvalue weighted by Gasteiger charge is 2.20. The van der Waals surface area contributed by atoms with Crippen LogP contribution in [0.4, 0.5) is 17.7 Å². The van der Waals surface area contributed by atoms with Crippen molar-refractivity contribution in [2.45, 2.75) is 6.54 Å². The molecule has 0 saturated carbocycles. The SMILES string of the molecule is c1ccc(CNc2ccnc(N3CCN(c4ncccn4)CC3)n2)nc1. The highest BCUT2D eigenvalue weighted by Crippen LogP contribution is 2.16. The number of pyridine rings is 1. The van der Waals surface area contributed by atoms with Crippen LogP contribution in [0.5, 0.6) is 0 Å². The summed E-state index contributed by atoms with van der Waals surface area (Å²) in [5.41, 5.74) is 0.976. The van der Waals surface area contributed by atoms with Crippen molar-refractivity contribution in [3.05, 3.63) is 60.8 Å². The highest BCUT2D eigenvalue weighted by molar-refractivity contribution is 5.43. The van der Waals surface area contributed by atoms with E-state index >= 15 is 0 Å². The minimum Gasteiger partial charge on any atom is -0.364 e. The summed E-state index contributed by atoms with van der Waals surface area (Å²) in [4.78, 5) is 26.4. The molecule has 8 nitrogen and oxygen atoms in total. The fourth-order valence-electron chi connectivity index (χ4n) is 2.84. The van der Waals surface area contributed by atoms with Gasteiger partial charge in [0.25, 0.3) is 0 Å². The van der Waals surface area contributed by atoms with Crippen molar-refractivity contribution in [2.24, 2.45) is 0 Å². The monoisotopic (exact) mass is 348 g/mol. The Morgan fingerprint density at radius 1 is 0.731 bits per heavy atom. The van der Waals surface area contributed by atoms with E-state index in [-0.39, 0.29) is 0 Å². The molecule has 0 radical (unpaired) electrons. The van der Waals surface area contributed by atoms with Crippen molar-refractivity contribution < 1.29 is 0 Å². The van der Waals surface area contributed by atoms with Crippen LogP contribution in [-0.4, -0.2) is 51.1 Å². The van der Waals surface area contributed by atoms with Gasteiger partial charge in [0, 0.05) is 51.0 Å². The zero-order valence-electron chi connectivity index (χ0n) is 14.4. The molecule has 0 unspecified atom stereocenters. The Morgan fingerprint density at radius 2 is 1.42 bits per heavy atom. The maximum atomic E-state index is 4.64. The summed E-state index contributed by atoms with van der Waals surface area (Å²) >= 11 is 0. The van der Waals surface area contributed by atoms with E-state index in [1.807, 2.05) is 30.3 Å². The first-order valence-corrected chi connectivity index (χ1v) is 8.62. The fourth-order valence-corrected chi connectivity index (χ4v) is 2.84. The molecule has 0 spiro atoms. The molecule has 0 aromatic carbocycles. The minimum atomic E-state index is 0.635. The van der Waals surface area contributed by atoms with Gasteiger partial charge in [0.15, 0.2) is 0 Å². The molecule has 3 aromatic rings. The summed E-state index contributed by atoms with van der Waals surface area (Å²) in [5.74, 6) is 2.32. The van der Waals surface area contributed by atoms with E-state index in [9.17, 15) is 0 Å². The summed E-state index contributed by atoms with van der Waals surface area (Å²) in [6, 6.07) is 9.58. The van der Waals surface area contributed by atoms with E-state index in [1.165, 1.54) is 0 Å². The quantitative estimate of drug-likeness (QED) is 0.744. The molecule has 4 rings (SSSR count). The summed E-state index contributed by atoms with van der Waals surface area (Å²) < 4.78 is 0. The van der Waals surface area contributed by atoms with E-state index in [0.717, 1.165) is 49.6 Å². The first kappa shape index (κ1) is 16.2. The van der Waals surface area contributed by atoms with E-state index < -0.39 is 0 Å². The Morgan fingerprint density at radius 3 is 2.15 bits per heavy atom. The first-order chi connectivity index (χ1) is 12.9. The van der Waals surface area contributed by atoms with Crippen molar-refractivity contribution in [3.63, 3.8) is 0 Å². The molecule has 1 N–H and O–H groups in total. The molecule has 1 fully saturated rings. The summed E-state index contributed by atoms with van der Waals surface area (Å²) in [6.45, 7) is 4.00. The Balaban J connectivity index is 1.36. The van der Waals surface area contributed by atoms with Gasteiger partial charge < -0.3 is 15.1 Å². The molecule has 0 amide bonds. The Kier molecular flexibility index (Phi) is 4.81. The lowest BCUT2D eigenvalue weighted by molar-refractivity contribution is 0.628. The van der Waals surface area contributed by atoms with Crippen molar-refractivity contribution >= 4 is 17.7 Å². The van der Waals surface area contributed by atoms with E-state index in [4.69, 9.17) is 0 Å². The molecule has 1 aliphatic heterocycles. The van der Waals surface area contributed by atoms with E-state index in [0.29, 0.717) is 6.54 Å². The minimum absolute atomic E-state index is 0.635. The molecule has 0 atom stereocenters. The predicted octanol–water partition coefficient (Wildman–Crippen LogP) is 1.60. The zero-order valence-corrected chi connectivity index (χ0v) is 14.4. The second kappa shape index (κ2) is 7.73. The fraction of sp³-hybridized carbons (Fsp3) is 0.278. The maximum Gasteiger partial charge on any atom is 0.227 e. The Labute approximate surface area is 152 Å². The lowest BCUT2D eigenvalue weighted by atomic mass is 10.3. The van der Waals surface area contributed by atoms with E-state index in [1.54, 1.807) is 24.8 Å². The summed E-state index contributed by atoms with van der Waals surface area (Å²) in [6.07, 6.45) is 7.12. The largest absolute Gasteiger partial charge is 0.364 e.